The summed E-state index contributed by atoms with van der Waals surface area (Å²) in [7, 11) is 0. The lowest BCUT2D eigenvalue weighted by Gasteiger charge is -2.26. The fraction of sp³-hybridized carbons (Fsp3) is 0.929. The molecule has 4 nitrogen and oxygen atoms in total. The van der Waals surface area contributed by atoms with Crippen molar-refractivity contribution in [1.29, 1.82) is 0 Å². The van der Waals surface area contributed by atoms with Crippen LogP contribution in [0.2, 0.25) is 0 Å². The van der Waals surface area contributed by atoms with E-state index in [9.17, 15) is 4.79 Å². The Morgan fingerprint density at radius 3 is 2.72 bits per heavy atom. The van der Waals surface area contributed by atoms with Gasteiger partial charge in [-0.2, -0.15) is 0 Å². The van der Waals surface area contributed by atoms with Gasteiger partial charge < -0.3 is 9.80 Å². The van der Waals surface area contributed by atoms with Crippen LogP contribution in [-0.2, 0) is 4.79 Å². The third-order valence-electron chi connectivity index (χ3n) is 4.90. The predicted octanol–water partition coefficient (Wildman–Crippen LogP) is 1.03. The van der Waals surface area contributed by atoms with Crippen molar-refractivity contribution in [3.63, 3.8) is 0 Å². The van der Waals surface area contributed by atoms with Crippen molar-refractivity contribution >= 4 is 5.91 Å². The van der Waals surface area contributed by atoms with Gasteiger partial charge in [-0.1, -0.05) is 13.8 Å². The summed E-state index contributed by atoms with van der Waals surface area (Å²) < 4.78 is 0. The lowest BCUT2D eigenvalue weighted by atomic mass is 10.1. The number of likely N-dealkylation sites (tertiary alicyclic amines) is 1. The van der Waals surface area contributed by atoms with Crippen LogP contribution < -0.4 is 5.32 Å². The monoisotopic (exact) mass is 251 g/mol. The number of amides is 1. The summed E-state index contributed by atoms with van der Waals surface area (Å²) in [6.45, 7) is 8.88. The Hall–Kier alpha value is -0.610. The predicted molar refractivity (Wildman–Crippen MR) is 71.1 cm³/mol. The van der Waals surface area contributed by atoms with Gasteiger partial charge in [0.15, 0.2) is 0 Å². The zero-order chi connectivity index (χ0) is 12.8. The van der Waals surface area contributed by atoms with Gasteiger partial charge in [0.2, 0.25) is 5.91 Å². The van der Waals surface area contributed by atoms with Crippen molar-refractivity contribution in [3.05, 3.63) is 0 Å². The van der Waals surface area contributed by atoms with E-state index in [1.54, 1.807) is 0 Å². The van der Waals surface area contributed by atoms with E-state index in [2.05, 4.69) is 29.0 Å². The molecule has 102 valence electrons. The van der Waals surface area contributed by atoms with E-state index in [0.29, 0.717) is 11.8 Å². The average molecular weight is 251 g/mol. The third kappa shape index (κ3) is 1.95. The molecule has 0 aromatic rings. The molecule has 0 bridgehead atoms. The lowest BCUT2D eigenvalue weighted by molar-refractivity contribution is -0.131. The largest absolute Gasteiger partial charge is 0.325 e. The van der Waals surface area contributed by atoms with Crippen LogP contribution in [0.3, 0.4) is 0 Å². The Bertz CT molecular complexity index is 340. The minimum absolute atomic E-state index is 0.135. The van der Waals surface area contributed by atoms with Crippen LogP contribution in [0.4, 0.5) is 0 Å². The zero-order valence-electron chi connectivity index (χ0n) is 11.6. The zero-order valence-corrected chi connectivity index (χ0v) is 11.6. The minimum atomic E-state index is -0.135. The van der Waals surface area contributed by atoms with Crippen LogP contribution in [-0.4, -0.2) is 53.6 Å². The molecule has 4 heteroatoms. The van der Waals surface area contributed by atoms with Gasteiger partial charge in [0.1, 0.15) is 0 Å². The summed E-state index contributed by atoms with van der Waals surface area (Å²) >= 11 is 0. The normalized spacial score (nSPS) is 34.8. The Kier molecular flexibility index (Phi) is 3.10. The number of rotatable bonds is 4. The maximum atomic E-state index is 12.4. The molecule has 3 fully saturated rings. The number of nitrogens with zero attached hydrogens (tertiary/aromatic N) is 2. The number of hydrogen-bond acceptors (Lipinski definition) is 3. The molecule has 2 unspecified atom stereocenters. The van der Waals surface area contributed by atoms with Gasteiger partial charge >= 0.3 is 0 Å². The molecular formula is C14H25N3O. The van der Waals surface area contributed by atoms with E-state index in [1.807, 2.05) is 0 Å². The first-order chi connectivity index (χ1) is 8.68. The number of hydrogen-bond donors (Lipinski definition) is 1. The van der Waals surface area contributed by atoms with Crippen molar-refractivity contribution in [2.75, 3.05) is 26.2 Å². The molecule has 2 saturated heterocycles. The standard InChI is InChI=1S/C14H25N3O/c1-3-12-15-14(6-7-14)13(18)17(12)10-11-5-8-16(4-2)9-11/h11-12,15H,3-10H2,1-2H3. The van der Waals surface area contributed by atoms with Crippen molar-refractivity contribution in [2.24, 2.45) is 5.92 Å². The molecule has 2 heterocycles. The lowest BCUT2D eigenvalue weighted by Crippen LogP contribution is -2.40. The maximum Gasteiger partial charge on any atom is 0.244 e. The highest BCUT2D eigenvalue weighted by Gasteiger charge is 2.58. The highest BCUT2D eigenvalue weighted by molar-refractivity contribution is 5.91. The maximum absolute atomic E-state index is 12.4. The third-order valence-corrected chi connectivity index (χ3v) is 4.90. The molecule has 0 radical (unpaired) electrons. The highest BCUT2D eigenvalue weighted by atomic mass is 16.2. The van der Waals surface area contributed by atoms with Crippen LogP contribution in [0.25, 0.3) is 0 Å². The van der Waals surface area contributed by atoms with Crippen molar-refractivity contribution in [3.8, 4) is 0 Å². The van der Waals surface area contributed by atoms with Gasteiger partial charge in [-0.15, -0.1) is 0 Å². The molecule has 1 saturated carbocycles. The van der Waals surface area contributed by atoms with E-state index < -0.39 is 0 Å². The molecule has 0 aromatic carbocycles. The topological polar surface area (TPSA) is 35.6 Å². The first kappa shape index (κ1) is 12.4. The van der Waals surface area contributed by atoms with Gasteiger partial charge in [-0.05, 0) is 44.7 Å². The first-order valence-corrected chi connectivity index (χ1v) is 7.49. The van der Waals surface area contributed by atoms with E-state index in [4.69, 9.17) is 0 Å². The van der Waals surface area contributed by atoms with Crippen molar-refractivity contribution in [2.45, 2.75) is 51.2 Å². The fourth-order valence-electron chi connectivity index (χ4n) is 3.52. The van der Waals surface area contributed by atoms with Crippen molar-refractivity contribution in [1.82, 2.24) is 15.1 Å². The van der Waals surface area contributed by atoms with E-state index in [-0.39, 0.29) is 11.7 Å². The van der Waals surface area contributed by atoms with Crippen LogP contribution in [0, 0.1) is 5.92 Å². The molecule has 3 rings (SSSR count). The summed E-state index contributed by atoms with van der Waals surface area (Å²) in [5.41, 5.74) is -0.135. The Labute approximate surface area is 110 Å². The van der Waals surface area contributed by atoms with Crippen LogP contribution in [0.5, 0.6) is 0 Å². The number of nitrogens with one attached hydrogen (secondary N) is 1. The quantitative estimate of drug-likeness (QED) is 0.810. The van der Waals surface area contributed by atoms with Gasteiger partial charge in [0, 0.05) is 13.1 Å². The molecule has 2 atom stereocenters. The second kappa shape index (κ2) is 4.49. The molecule has 2 aliphatic heterocycles. The van der Waals surface area contributed by atoms with Gasteiger partial charge in [0.25, 0.3) is 0 Å². The van der Waals surface area contributed by atoms with Crippen LogP contribution >= 0.6 is 0 Å². The van der Waals surface area contributed by atoms with Gasteiger partial charge in [-0.25, -0.2) is 0 Å². The van der Waals surface area contributed by atoms with E-state index in [1.165, 1.54) is 19.5 Å². The van der Waals surface area contributed by atoms with Crippen molar-refractivity contribution < 1.29 is 4.79 Å². The SMILES string of the molecule is CCC1NC2(CC2)C(=O)N1CC1CCN(CC)C1. The number of carbonyl (C=O) groups is 1. The molecular weight excluding hydrogens is 226 g/mol. The first-order valence-electron chi connectivity index (χ1n) is 7.49. The van der Waals surface area contributed by atoms with E-state index >= 15 is 0 Å². The van der Waals surface area contributed by atoms with Gasteiger partial charge in [0.05, 0.1) is 11.7 Å². The summed E-state index contributed by atoms with van der Waals surface area (Å²) in [4.78, 5) is 17.1. The Morgan fingerprint density at radius 2 is 2.17 bits per heavy atom. The molecule has 1 N–H and O–H groups in total. The van der Waals surface area contributed by atoms with E-state index in [0.717, 1.165) is 32.4 Å². The van der Waals surface area contributed by atoms with Crippen LogP contribution in [0.15, 0.2) is 0 Å². The molecule has 18 heavy (non-hydrogen) atoms. The second-order valence-electron chi connectivity index (χ2n) is 6.16. The average Bonchev–Trinajstić information content (AvgIpc) is 2.94. The molecule has 1 amide bonds. The minimum Gasteiger partial charge on any atom is -0.325 e. The second-order valence-corrected chi connectivity index (χ2v) is 6.16. The summed E-state index contributed by atoms with van der Waals surface area (Å²) in [6, 6.07) is 0. The number of carbonyl (C=O) groups excluding carboxylic acids is 1. The molecule has 1 aliphatic carbocycles. The molecule has 1 spiro atoms. The Morgan fingerprint density at radius 1 is 1.39 bits per heavy atom. The summed E-state index contributed by atoms with van der Waals surface area (Å²) in [5, 5.41) is 3.55. The van der Waals surface area contributed by atoms with Gasteiger partial charge in [-0.3, -0.25) is 10.1 Å². The fourth-order valence-corrected chi connectivity index (χ4v) is 3.52. The highest BCUT2D eigenvalue weighted by Crippen LogP contribution is 2.43. The smallest absolute Gasteiger partial charge is 0.244 e. The molecule has 0 aromatic heterocycles. The van der Waals surface area contributed by atoms with Crippen LogP contribution in [0.1, 0.15) is 39.5 Å². The summed E-state index contributed by atoms with van der Waals surface area (Å²) in [6.07, 6.45) is 4.66. The summed E-state index contributed by atoms with van der Waals surface area (Å²) in [5.74, 6) is 1.06. The Balaban J connectivity index is 1.63. The molecule has 3 aliphatic rings.